The lowest BCUT2D eigenvalue weighted by Crippen LogP contribution is -2.05. The van der Waals surface area contributed by atoms with Gasteiger partial charge in [-0.05, 0) is 35.7 Å². The maximum atomic E-state index is 4.63. The highest BCUT2D eigenvalue weighted by molar-refractivity contribution is 9.10. The molecule has 0 radical (unpaired) electrons. The zero-order valence-electron chi connectivity index (χ0n) is 12.1. The van der Waals surface area contributed by atoms with E-state index in [-0.39, 0.29) is 0 Å². The molecule has 20 heavy (non-hydrogen) atoms. The monoisotopic (exact) mass is 337 g/mol. The summed E-state index contributed by atoms with van der Waals surface area (Å²) < 4.78 is 2.88. The van der Waals surface area contributed by atoms with E-state index in [4.69, 9.17) is 0 Å². The summed E-state index contributed by atoms with van der Waals surface area (Å²) in [5, 5.41) is 7.61. The van der Waals surface area contributed by atoms with Gasteiger partial charge in [-0.15, -0.1) is 0 Å². The summed E-state index contributed by atoms with van der Waals surface area (Å²) in [4.78, 5) is 9.22. The van der Waals surface area contributed by atoms with Crippen LogP contribution in [0.2, 0.25) is 0 Å². The number of anilines is 1. The van der Waals surface area contributed by atoms with Gasteiger partial charge in [-0.1, -0.05) is 13.8 Å². The molecule has 5 nitrogen and oxygen atoms in total. The van der Waals surface area contributed by atoms with E-state index in [0.717, 1.165) is 53.3 Å². The Kier molecular flexibility index (Phi) is 5.11. The van der Waals surface area contributed by atoms with Crippen LogP contribution < -0.4 is 5.32 Å². The number of halogens is 1. The first kappa shape index (κ1) is 15.0. The van der Waals surface area contributed by atoms with Crippen molar-refractivity contribution in [3.05, 3.63) is 22.6 Å². The van der Waals surface area contributed by atoms with Gasteiger partial charge < -0.3 is 5.32 Å². The van der Waals surface area contributed by atoms with Gasteiger partial charge in [0.1, 0.15) is 5.82 Å². The van der Waals surface area contributed by atoms with Crippen molar-refractivity contribution in [3.8, 4) is 11.4 Å². The molecule has 0 saturated carbocycles. The molecule has 0 saturated heterocycles. The number of nitrogens with one attached hydrogen (secondary N) is 1. The van der Waals surface area contributed by atoms with Crippen LogP contribution in [0.3, 0.4) is 0 Å². The van der Waals surface area contributed by atoms with E-state index in [0.29, 0.717) is 0 Å². The average Bonchev–Trinajstić information content (AvgIpc) is 2.90. The molecule has 2 aromatic rings. The Bertz CT molecular complexity index is 579. The molecule has 0 aliphatic carbocycles. The van der Waals surface area contributed by atoms with Gasteiger partial charge in [-0.25, -0.2) is 9.97 Å². The largest absolute Gasteiger partial charge is 0.369 e. The predicted molar refractivity (Wildman–Crippen MR) is 84.8 cm³/mol. The van der Waals surface area contributed by atoms with Gasteiger partial charge in [0.25, 0.3) is 0 Å². The van der Waals surface area contributed by atoms with E-state index >= 15 is 0 Å². The fourth-order valence-corrected chi connectivity index (χ4v) is 2.57. The summed E-state index contributed by atoms with van der Waals surface area (Å²) in [6.45, 7) is 8.02. The van der Waals surface area contributed by atoms with E-state index in [1.54, 1.807) is 0 Å². The lowest BCUT2D eigenvalue weighted by atomic mass is 10.2. The Morgan fingerprint density at radius 3 is 2.70 bits per heavy atom. The Morgan fingerprint density at radius 2 is 2.05 bits per heavy atom. The highest BCUT2D eigenvalue weighted by Gasteiger charge is 2.13. The molecule has 0 aliphatic rings. The van der Waals surface area contributed by atoms with E-state index in [2.05, 4.69) is 57.1 Å². The molecule has 1 N–H and O–H groups in total. The van der Waals surface area contributed by atoms with Crippen LogP contribution in [0, 0.1) is 0 Å². The number of nitrogens with zero attached hydrogens (tertiary/aromatic N) is 4. The quantitative estimate of drug-likeness (QED) is 0.876. The van der Waals surface area contributed by atoms with E-state index in [9.17, 15) is 0 Å². The van der Waals surface area contributed by atoms with Crippen LogP contribution >= 0.6 is 15.9 Å². The van der Waals surface area contributed by atoms with Gasteiger partial charge in [-0.3, -0.25) is 4.68 Å². The standard InChI is InChI=1S/C14H20BrN5/c1-4-7-20-9-10(8-17-20)13-18-11(5-2)12(15)14(19-13)16-6-3/h8-9H,4-7H2,1-3H3,(H,16,18,19). The van der Waals surface area contributed by atoms with Crippen LogP contribution in [0.25, 0.3) is 11.4 Å². The number of aromatic nitrogens is 4. The minimum Gasteiger partial charge on any atom is -0.369 e. The maximum absolute atomic E-state index is 4.63. The Balaban J connectivity index is 2.41. The van der Waals surface area contributed by atoms with Crippen LogP contribution in [0.15, 0.2) is 16.9 Å². The van der Waals surface area contributed by atoms with Gasteiger partial charge in [0.15, 0.2) is 5.82 Å². The summed E-state index contributed by atoms with van der Waals surface area (Å²) in [6.07, 6.45) is 5.75. The second-order valence-corrected chi connectivity index (χ2v) is 5.33. The first-order valence-electron chi connectivity index (χ1n) is 7.02. The molecule has 0 bridgehead atoms. The molecular formula is C14H20BrN5. The highest BCUT2D eigenvalue weighted by Crippen LogP contribution is 2.27. The van der Waals surface area contributed by atoms with Gasteiger partial charge in [0, 0.05) is 19.3 Å². The lowest BCUT2D eigenvalue weighted by molar-refractivity contribution is 0.603. The number of aryl methyl sites for hydroxylation is 2. The lowest BCUT2D eigenvalue weighted by Gasteiger charge is -2.10. The molecule has 2 heterocycles. The van der Waals surface area contributed by atoms with Gasteiger partial charge in [-0.2, -0.15) is 5.10 Å². The summed E-state index contributed by atoms with van der Waals surface area (Å²) in [7, 11) is 0. The maximum Gasteiger partial charge on any atom is 0.165 e. The molecule has 2 rings (SSSR count). The van der Waals surface area contributed by atoms with Crippen LogP contribution in [0.5, 0.6) is 0 Å². The van der Waals surface area contributed by atoms with E-state index in [1.807, 2.05) is 17.1 Å². The molecule has 108 valence electrons. The Hall–Kier alpha value is -1.43. The van der Waals surface area contributed by atoms with Crippen LogP contribution in [-0.2, 0) is 13.0 Å². The second-order valence-electron chi connectivity index (χ2n) is 4.53. The second kappa shape index (κ2) is 6.83. The zero-order chi connectivity index (χ0) is 14.5. The molecular weight excluding hydrogens is 318 g/mol. The minimum absolute atomic E-state index is 0.725. The third kappa shape index (κ3) is 3.17. The first-order valence-corrected chi connectivity index (χ1v) is 7.81. The van der Waals surface area contributed by atoms with Gasteiger partial charge >= 0.3 is 0 Å². The van der Waals surface area contributed by atoms with Crippen molar-refractivity contribution in [2.75, 3.05) is 11.9 Å². The third-order valence-electron chi connectivity index (χ3n) is 2.94. The number of hydrogen-bond acceptors (Lipinski definition) is 4. The summed E-state index contributed by atoms with van der Waals surface area (Å²) in [5.41, 5.74) is 1.97. The molecule has 0 spiro atoms. The van der Waals surface area contributed by atoms with Gasteiger partial charge in [0.2, 0.25) is 0 Å². The van der Waals surface area contributed by atoms with Gasteiger partial charge in [0.05, 0.1) is 21.9 Å². The van der Waals surface area contributed by atoms with Crippen molar-refractivity contribution >= 4 is 21.7 Å². The van der Waals surface area contributed by atoms with E-state index < -0.39 is 0 Å². The third-order valence-corrected chi connectivity index (χ3v) is 3.78. The fourth-order valence-electron chi connectivity index (χ4n) is 1.97. The normalized spacial score (nSPS) is 10.8. The highest BCUT2D eigenvalue weighted by atomic mass is 79.9. The van der Waals surface area contributed by atoms with E-state index in [1.165, 1.54) is 0 Å². The van der Waals surface area contributed by atoms with Crippen LogP contribution in [0.1, 0.15) is 32.9 Å². The minimum atomic E-state index is 0.725. The average molecular weight is 338 g/mol. The number of rotatable bonds is 6. The molecule has 6 heteroatoms. The smallest absolute Gasteiger partial charge is 0.165 e. The first-order chi connectivity index (χ1) is 9.69. The molecule has 0 amide bonds. The molecule has 0 aliphatic heterocycles. The summed E-state index contributed by atoms with van der Waals surface area (Å²) in [5.74, 6) is 1.57. The van der Waals surface area contributed by atoms with Crippen LogP contribution in [-0.4, -0.2) is 26.3 Å². The van der Waals surface area contributed by atoms with Crippen molar-refractivity contribution in [3.63, 3.8) is 0 Å². The Labute approximate surface area is 128 Å². The molecule has 0 atom stereocenters. The fraction of sp³-hybridized carbons (Fsp3) is 0.500. The van der Waals surface area contributed by atoms with Crippen molar-refractivity contribution in [2.24, 2.45) is 0 Å². The SMILES string of the molecule is CCCn1cc(-c2nc(CC)c(Br)c(NCC)n2)cn1. The predicted octanol–water partition coefficient (Wildman–Crippen LogP) is 3.51. The molecule has 0 fully saturated rings. The van der Waals surface area contributed by atoms with Crippen molar-refractivity contribution in [1.29, 1.82) is 0 Å². The zero-order valence-corrected chi connectivity index (χ0v) is 13.7. The topological polar surface area (TPSA) is 55.6 Å². The molecule has 2 aromatic heterocycles. The van der Waals surface area contributed by atoms with Crippen molar-refractivity contribution < 1.29 is 0 Å². The molecule has 0 unspecified atom stereocenters. The summed E-state index contributed by atoms with van der Waals surface area (Å²) in [6, 6.07) is 0. The van der Waals surface area contributed by atoms with Crippen molar-refractivity contribution in [1.82, 2.24) is 19.7 Å². The molecule has 0 aromatic carbocycles. The van der Waals surface area contributed by atoms with Crippen LogP contribution in [0.4, 0.5) is 5.82 Å². The van der Waals surface area contributed by atoms with Crippen molar-refractivity contribution in [2.45, 2.75) is 40.2 Å². The number of hydrogen-bond donors (Lipinski definition) is 1. The Morgan fingerprint density at radius 1 is 1.25 bits per heavy atom. The summed E-state index contributed by atoms with van der Waals surface area (Å²) >= 11 is 3.57.